The summed E-state index contributed by atoms with van der Waals surface area (Å²) in [7, 11) is -0.629. The van der Waals surface area contributed by atoms with Gasteiger partial charge in [0.2, 0.25) is 5.79 Å². The number of benzene rings is 1. The summed E-state index contributed by atoms with van der Waals surface area (Å²) in [6, 6.07) is 5.37. The lowest BCUT2D eigenvalue weighted by atomic mass is 9.75. The summed E-state index contributed by atoms with van der Waals surface area (Å²) in [5.74, 6) is -1.45. The van der Waals surface area contributed by atoms with Gasteiger partial charge in [0.1, 0.15) is 16.1 Å². The molecule has 172 valence electrons. The number of hydrogen-bond acceptors (Lipinski definition) is 7. The molecule has 0 bridgehead atoms. The first-order valence-electron chi connectivity index (χ1n) is 10.6. The van der Waals surface area contributed by atoms with Crippen molar-refractivity contribution in [2.75, 3.05) is 0 Å². The van der Waals surface area contributed by atoms with E-state index in [-0.39, 0.29) is 0 Å². The molecule has 1 aromatic rings. The minimum Gasteiger partial charge on any atom is -0.598 e. The Labute approximate surface area is 189 Å². The van der Waals surface area contributed by atoms with Crippen LogP contribution in [0.3, 0.4) is 0 Å². The number of cyclic esters (lactones) is 1. The van der Waals surface area contributed by atoms with Crippen LogP contribution in [0.1, 0.15) is 78.2 Å². The Morgan fingerprint density at radius 1 is 1.06 bits per heavy atom. The van der Waals surface area contributed by atoms with Crippen LogP contribution < -0.4 is 9.46 Å². The van der Waals surface area contributed by atoms with Gasteiger partial charge in [-0.2, -0.15) is 0 Å². The van der Waals surface area contributed by atoms with Crippen molar-refractivity contribution in [1.29, 1.82) is 0 Å². The zero-order chi connectivity index (χ0) is 23.4. The number of para-hydroxylation sites is 1. The molecule has 0 spiro atoms. The summed E-state index contributed by atoms with van der Waals surface area (Å²) in [4.78, 5) is 12.5. The zero-order valence-corrected chi connectivity index (χ0v) is 20.8. The fourth-order valence-corrected chi connectivity index (χ4v) is 4.19. The lowest BCUT2D eigenvalue weighted by Crippen LogP contribution is -2.53. The second-order valence-electron chi connectivity index (χ2n) is 10.6. The van der Waals surface area contributed by atoms with Crippen LogP contribution in [0.15, 0.2) is 18.2 Å². The van der Waals surface area contributed by atoms with Gasteiger partial charge < -0.3 is 23.3 Å². The van der Waals surface area contributed by atoms with E-state index in [9.17, 15) is 9.35 Å². The highest BCUT2D eigenvalue weighted by Crippen LogP contribution is 2.40. The largest absolute Gasteiger partial charge is 0.598 e. The SMILES string of the molecule is CC1(C)OC(=O)c2cccc(C[C@H](N[S@+]([O-])C(C)(C)C)B3OC(C)(C)C(C)(C)O3)c2O1. The second kappa shape index (κ2) is 7.95. The molecule has 1 aromatic carbocycles. The molecule has 0 radical (unpaired) electrons. The molecule has 2 aliphatic heterocycles. The van der Waals surface area contributed by atoms with E-state index in [0.717, 1.165) is 5.56 Å². The van der Waals surface area contributed by atoms with Gasteiger partial charge >= 0.3 is 13.1 Å². The van der Waals surface area contributed by atoms with E-state index in [0.29, 0.717) is 17.7 Å². The Balaban J connectivity index is 1.95. The van der Waals surface area contributed by atoms with E-state index in [1.54, 1.807) is 26.0 Å². The summed E-state index contributed by atoms with van der Waals surface area (Å²) >= 11 is -1.35. The maximum absolute atomic E-state index is 13.0. The third-order valence-electron chi connectivity index (χ3n) is 5.86. The van der Waals surface area contributed by atoms with Gasteiger partial charge in [-0.1, -0.05) is 12.1 Å². The minimum absolute atomic E-state index is 0.376. The van der Waals surface area contributed by atoms with Crippen LogP contribution in [0.2, 0.25) is 0 Å². The molecule has 3 rings (SSSR count). The molecule has 0 saturated carbocycles. The molecule has 0 amide bonds. The number of carbonyl (C=O) groups excluding carboxylic acids is 1. The summed E-state index contributed by atoms with van der Waals surface area (Å²) in [5, 5.41) is 0. The van der Waals surface area contributed by atoms with E-state index < -0.39 is 52.1 Å². The van der Waals surface area contributed by atoms with Gasteiger partial charge in [-0.05, 0) is 66.5 Å². The smallest absolute Gasteiger partial charge is 0.481 e. The Kier molecular flexibility index (Phi) is 6.26. The van der Waals surface area contributed by atoms with Crippen LogP contribution in [0.4, 0.5) is 0 Å². The molecular formula is C22H34BNO6S. The molecule has 1 fully saturated rings. The monoisotopic (exact) mass is 451 g/mol. The van der Waals surface area contributed by atoms with Gasteiger partial charge in [0, 0.05) is 25.2 Å². The van der Waals surface area contributed by atoms with Crippen molar-refractivity contribution in [1.82, 2.24) is 4.72 Å². The minimum atomic E-state index is -1.35. The average molecular weight is 451 g/mol. The highest BCUT2D eigenvalue weighted by molar-refractivity contribution is 7.90. The van der Waals surface area contributed by atoms with E-state index >= 15 is 0 Å². The molecule has 0 unspecified atom stereocenters. The third kappa shape index (κ3) is 5.06. The predicted octanol–water partition coefficient (Wildman–Crippen LogP) is 3.57. The van der Waals surface area contributed by atoms with Gasteiger partial charge in [0.15, 0.2) is 0 Å². The molecule has 2 aliphatic rings. The molecule has 0 aliphatic carbocycles. The van der Waals surface area contributed by atoms with E-state index in [2.05, 4.69) is 4.72 Å². The highest BCUT2D eigenvalue weighted by Gasteiger charge is 2.55. The first kappa shape index (κ1) is 24.4. The lowest BCUT2D eigenvalue weighted by Gasteiger charge is -2.34. The maximum Gasteiger partial charge on any atom is 0.481 e. The summed E-state index contributed by atoms with van der Waals surface area (Å²) in [6.07, 6.45) is 0.394. The van der Waals surface area contributed by atoms with Gasteiger partial charge in [-0.15, -0.1) is 4.72 Å². The first-order chi connectivity index (χ1) is 14.0. The maximum atomic E-state index is 13.0. The number of rotatable bonds is 5. The number of hydrogen-bond donors (Lipinski definition) is 1. The fraction of sp³-hybridized carbons (Fsp3) is 0.682. The first-order valence-corrected chi connectivity index (χ1v) is 11.8. The van der Waals surface area contributed by atoms with Crippen molar-refractivity contribution in [3.05, 3.63) is 29.3 Å². The normalized spacial score (nSPS) is 23.5. The van der Waals surface area contributed by atoms with Gasteiger partial charge in [0.05, 0.1) is 17.1 Å². The Hall–Kier alpha value is -1.26. The molecular weight excluding hydrogens is 417 g/mol. The molecule has 7 nitrogen and oxygen atoms in total. The lowest BCUT2D eigenvalue weighted by molar-refractivity contribution is -0.127. The molecule has 1 N–H and O–H groups in total. The summed E-state index contributed by atoms with van der Waals surface area (Å²) in [6.45, 7) is 17.0. The molecule has 31 heavy (non-hydrogen) atoms. The predicted molar refractivity (Wildman–Crippen MR) is 121 cm³/mol. The van der Waals surface area contributed by atoms with Gasteiger partial charge in [0.25, 0.3) is 0 Å². The van der Waals surface area contributed by atoms with Crippen LogP contribution >= 0.6 is 0 Å². The van der Waals surface area contributed by atoms with Gasteiger partial charge in [-0.3, -0.25) is 0 Å². The number of esters is 1. The van der Waals surface area contributed by atoms with Crippen molar-refractivity contribution in [3.63, 3.8) is 0 Å². The van der Waals surface area contributed by atoms with Crippen LogP contribution in [-0.2, 0) is 31.8 Å². The molecule has 0 aromatic heterocycles. The van der Waals surface area contributed by atoms with E-state index in [4.69, 9.17) is 18.8 Å². The van der Waals surface area contributed by atoms with Crippen LogP contribution in [0.5, 0.6) is 5.75 Å². The van der Waals surface area contributed by atoms with Crippen molar-refractivity contribution in [2.45, 2.75) is 96.4 Å². The Morgan fingerprint density at radius 2 is 1.65 bits per heavy atom. The topological polar surface area (TPSA) is 89.1 Å². The average Bonchev–Trinajstić information content (AvgIpc) is 2.80. The second-order valence-corrected chi connectivity index (χ2v) is 12.6. The molecule has 9 heteroatoms. The fourth-order valence-electron chi connectivity index (χ4n) is 3.37. The Morgan fingerprint density at radius 3 is 2.19 bits per heavy atom. The number of fused-ring (bicyclic) bond motifs is 1. The van der Waals surface area contributed by atoms with Crippen molar-refractivity contribution < 1.29 is 28.1 Å². The molecule has 1 saturated heterocycles. The van der Waals surface area contributed by atoms with Crippen LogP contribution in [-0.4, -0.2) is 45.3 Å². The number of ether oxygens (including phenoxy) is 2. The van der Waals surface area contributed by atoms with Crippen LogP contribution in [0, 0.1) is 0 Å². The van der Waals surface area contributed by atoms with Crippen molar-refractivity contribution in [2.24, 2.45) is 0 Å². The number of carbonyl (C=O) groups is 1. The summed E-state index contributed by atoms with van der Waals surface area (Å²) in [5.41, 5.74) is 0.111. The molecule has 2 atom stereocenters. The van der Waals surface area contributed by atoms with Crippen molar-refractivity contribution >= 4 is 24.4 Å². The van der Waals surface area contributed by atoms with E-state index in [1.807, 2.05) is 54.5 Å². The molecule has 2 heterocycles. The zero-order valence-electron chi connectivity index (χ0n) is 20.0. The third-order valence-corrected chi connectivity index (χ3v) is 7.49. The van der Waals surface area contributed by atoms with Crippen molar-refractivity contribution in [3.8, 4) is 5.75 Å². The van der Waals surface area contributed by atoms with Gasteiger partial charge in [-0.25, -0.2) is 4.79 Å². The van der Waals surface area contributed by atoms with E-state index in [1.165, 1.54) is 0 Å². The standard InChI is InChI=1S/C22H34BNO6S/c1-19(2,3)31(26)24-16(23-29-20(4,5)21(6,7)30-23)13-14-11-10-12-15-17(14)27-22(8,9)28-18(15)25/h10-12,16,24H,13H2,1-9H3/t16-,31+/m0/s1. The highest BCUT2D eigenvalue weighted by atomic mass is 32.2. The quantitative estimate of drug-likeness (QED) is 0.416. The van der Waals surface area contributed by atoms with Crippen LogP contribution in [0.25, 0.3) is 0 Å². The summed E-state index contributed by atoms with van der Waals surface area (Å²) < 4.78 is 39.6. The number of nitrogens with one attached hydrogen (secondary N) is 1. The Bertz CT molecular complexity index is 835.